The van der Waals surface area contributed by atoms with Gasteiger partial charge in [0.1, 0.15) is 0 Å². The predicted molar refractivity (Wildman–Crippen MR) is 51.5 cm³/mol. The maximum Gasteiger partial charge on any atom is 0.307 e. The zero-order valence-corrected chi connectivity index (χ0v) is 8.09. The van der Waals surface area contributed by atoms with Crippen molar-refractivity contribution in [2.75, 3.05) is 0 Å². The normalized spacial score (nSPS) is 22.8. The number of carboxylic acids is 1. The lowest BCUT2D eigenvalue weighted by atomic mass is 10.1. The molecule has 84 valence electrons. The second-order valence-electron chi connectivity index (χ2n) is 3.72. The maximum atomic E-state index is 13.6. The van der Waals surface area contributed by atoms with E-state index < -0.39 is 34.2 Å². The molecular weight excluding hydrogens is 217 g/mol. The van der Waals surface area contributed by atoms with Gasteiger partial charge in [0.25, 0.3) is 0 Å². The SMILES string of the molecule is O=C(O)C1CC1c1cccc([N+](=O)[O-])c1F. The van der Waals surface area contributed by atoms with E-state index in [0.29, 0.717) is 6.42 Å². The van der Waals surface area contributed by atoms with Crippen LogP contribution < -0.4 is 0 Å². The molecular formula is C10H8FNO4. The molecule has 6 heteroatoms. The molecule has 0 radical (unpaired) electrons. The first kappa shape index (κ1) is 10.5. The van der Waals surface area contributed by atoms with Crippen LogP contribution in [0.15, 0.2) is 18.2 Å². The van der Waals surface area contributed by atoms with Crippen molar-refractivity contribution < 1.29 is 19.2 Å². The van der Waals surface area contributed by atoms with Gasteiger partial charge in [-0.3, -0.25) is 14.9 Å². The van der Waals surface area contributed by atoms with Gasteiger partial charge in [0.05, 0.1) is 10.8 Å². The van der Waals surface area contributed by atoms with Crippen LogP contribution in [0.1, 0.15) is 17.9 Å². The van der Waals surface area contributed by atoms with Crippen LogP contribution in [0.25, 0.3) is 0 Å². The number of hydrogen-bond donors (Lipinski definition) is 1. The van der Waals surface area contributed by atoms with Crippen molar-refractivity contribution in [2.24, 2.45) is 5.92 Å². The first-order valence-electron chi connectivity index (χ1n) is 4.68. The van der Waals surface area contributed by atoms with Crippen molar-refractivity contribution in [1.82, 2.24) is 0 Å². The lowest BCUT2D eigenvalue weighted by Gasteiger charge is -2.01. The molecule has 1 aliphatic rings. The summed E-state index contributed by atoms with van der Waals surface area (Å²) in [5.74, 6) is -2.95. The lowest BCUT2D eigenvalue weighted by molar-refractivity contribution is -0.387. The van der Waals surface area contributed by atoms with Crippen LogP contribution in [0.3, 0.4) is 0 Å². The number of hydrogen-bond acceptors (Lipinski definition) is 3. The Hall–Kier alpha value is -1.98. The third-order valence-electron chi connectivity index (χ3n) is 2.71. The van der Waals surface area contributed by atoms with E-state index in [-0.39, 0.29) is 5.56 Å². The molecule has 0 spiro atoms. The van der Waals surface area contributed by atoms with Crippen molar-refractivity contribution in [3.8, 4) is 0 Å². The molecule has 0 bridgehead atoms. The summed E-state index contributed by atoms with van der Waals surface area (Å²) < 4.78 is 13.6. The van der Waals surface area contributed by atoms with E-state index >= 15 is 0 Å². The molecule has 0 aromatic heterocycles. The molecule has 16 heavy (non-hydrogen) atoms. The van der Waals surface area contributed by atoms with Crippen LogP contribution in [0.4, 0.5) is 10.1 Å². The molecule has 1 aromatic rings. The lowest BCUT2D eigenvalue weighted by Crippen LogP contribution is -2.01. The van der Waals surface area contributed by atoms with Gasteiger partial charge < -0.3 is 5.11 Å². The number of nitro benzene ring substituents is 1. The van der Waals surface area contributed by atoms with E-state index in [9.17, 15) is 19.3 Å². The van der Waals surface area contributed by atoms with E-state index in [1.165, 1.54) is 12.1 Å². The van der Waals surface area contributed by atoms with Gasteiger partial charge in [0.15, 0.2) is 0 Å². The molecule has 2 atom stereocenters. The summed E-state index contributed by atoms with van der Waals surface area (Å²) in [6, 6.07) is 3.83. The molecule has 1 fully saturated rings. The van der Waals surface area contributed by atoms with Gasteiger partial charge in [-0.25, -0.2) is 0 Å². The highest BCUT2D eigenvalue weighted by Crippen LogP contribution is 2.49. The monoisotopic (exact) mass is 225 g/mol. The Morgan fingerprint density at radius 3 is 2.75 bits per heavy atom. The summed E-state index contributed by atoms with van der Waals surface area (Å²) in [4.78, 5) is 20.3. The van der Waals surface area contributed by atoms with Crippen molar-refractivity contribution in [3.63, 3.8) is 0 Å². The summed E-state index contributed by atoms with van der Waals surface area (Å²) in [5.41, 5.74) is -0.477. The highest BCUT2D eigenvalue weighted by atomic mass is 19.1. The Balaban J connectivity index is 2.34. The van der Waals surface area contributed by atoms with Crippen LogP contribution in [0, 0.1) is 21.8 Å². The minimum atomic E-state index is -0.990. The Bertz CT molecular complexity index is 474. The number of nitrogens with zero attached hydrogens (tertiary/aromatic N) is 1. The molecule has 0 amide bonds. The molecule has 1 aliphatic carbocycles. The minimum Gasteiger partial charge on any atom is -0.481 e. The quantitative estimate of drug-likeness (QED) is 0.629. The molecule has 2 rings (SSSR count). The molecule has 1 aromatic carbocycles. The summed E-state index contributed by atoms with van der Waals surface area (Å²) >= 11 is 0. The fourth-order valence-corrected chi connectivity index (χ4v) is 1.78. The highest BCUT2D eigenvalue weighted by molar-refractivity contribution is 5.75. The van der Waals surface area contributed by atoms with Gasteiger partial charge in [-0.05, 0) is 12.0 Å². The van der Waals surface area contributed by atoms with Crippen molar-refractivity contribution in [3.05, 3.63) is 39.7 Å². The highest BCUT2D eigenvalue weighted by Gasteiger charge is 2.46. The van der Waals surface area contributed by atoms with Crippen LogP contribution >= 0.6 is 0 Å². The second kappa shape index (κ2) is 3.55. The fraction of sp³-hybridized carbons (Fsp3) is 0.300. The Morgan fingerprint density at radius 1 is 1.56 bits per heavy atom. The van der Waals surface area contributed by atoms with Crippen LogP contribution in [0.2, 0.25) is 0 Å². The van der Waals surface area contributed by atoms with Gasteiger partial charge >= 0.3 is 11.7 Å². The number of benzene rings is 1. The van der Waals surface area contributed by atoms with Crippen LogP contribution in [-0.4, -0.2) is 16.0 Å². The zero-order valence-electron chi connectivity index (χ0n) is 8.09. The summed E-state index contributed by atoms with van der Waals surface area (Å²) in [6.45, 7) is 0. The number of rotatable bonds is 3. The molecule has 0 aliphatic heterocycles. The third kappa shape index (κ3) is 1.62. The maximum absolute atomic E-state index is 13.6. The molecule has 2 unspecified atom stereocenters. The van der Waals surface area contributed by atoms with E-state index in [4.69, 9.17) is 5.11 Å². The van der Waals surface area contributed by atoms with Crippen molar-refractivity contribution >= 4 is 11.7 Å². The van der Waals surface area contributed by atoms with Crippen LogP contribution in [-0.2, 0) is 4.79 Å². The van der Waals surface area contributed by atoms with E-state index in [2.05, 4.69) is 0 Å². The summed E-state index contributed by atoms with van der Waals surface area (Å²) in [7, 11) is 0. The fourth-order valence-electron chi connectivity index (χ4n) is 1.78. The van der Waals surface area contributed by atoms with Gasteiger partial charge in [-0.1, -0.05) is 12.1 Å². The second-order valence-corrected chi connectivity index (χ2v) is 3.72. The Kier molecular flexibility index (Phi) is 2.34. The zero-order chi connectivity index (χ0) is 11.9. The molecule has 1 N–H and O–H groups in total. The van der Waals surface area contributed by atoms with Gasteiger partial charge in [0, 0.05) is 12.0 Å². The smallest absolute Gasteiger partial charge is 0.307 e. The molecule has 1 saturated carbocycles. The van der Waals surface area contributed by atoms with Gasteiger partial charge in [-0.15, -0.1) is 0 Å². The average Bonchev–Trinajstić information content (AvgIpc) is 2.97. The van der Waals surface area contributed by atoms with Gasteiger partial charge in [-0.2, -0.15) is 4.39 Å². The van der Waals surface area contributed by atoms with E-state index in [1.54, 1.807) is 0 Å². The summed E-state index contributed by atoms with van der Waals surface area (Å²) in [6.07, 6.45) is 0.341. The van der Waals surface area contributed by atoms with Gasteiger partial charge in [0.2, 0.25) is 5.82 Å². The Labute approximate surface area is 89.7 Å². The first-order valence-corrected chi connectivity index (χ1v) is 4.68. The summed E-state index contributed by atoms with van der Waals surface area (Å²) in [5, 5.41) is 19.2. The number of halogens is 1. The van der Waals surface area contributed by atoms with Crippen LogP contribution in [0.5, 0.6) is 0 Å². The number of carboxylic acid groups (broad SMARTS) is 1. The third-order valence-corrected chi connectivity index (χ3v) is 2.71. The molecule has 0 heterocycles. The predicted octanol–water partition coefficient (Wildman–Crippen LogP) is 1.92. The number of carbonyl (C=O) groups is 1. The van der Waals surface area contributed by atoms with E-state index in [0.717, 1.165) is 6.07 Å². The number of aliphatic carboxylic acids is 1. The topological polar surface area (TPSA) is 80.4 Å². The standard InChI is InChI=1S/C10H8FNO4/c11-9-5(6-4-7(6)10(13)14)2-1-3-8(9)12(15)16/h1-3,6-7H,4H2,(H,13,14). The molecule has 5 nitrogen and oxygen atoms in total. The molecule has 0 saturated heterocycles. The van der Waals surface area contributed by atoms with Crippen molar-refractivity contribution in [1.29, 1.82) is 0 Å². The minimum absolute atomic E-state index is 0.126. The Morgan fingerprint density at radius 2 is 2.25 bits per heavy atom. The number of nitro groups is 1. The van der Waals surface area contributed by atoms with Crippen molar-refractivity contribution in [2.45, 2.75) is 12.3 Å². The largest absolute Gasteiger partial charge is 0.481 e. The first-order chi connectivity index (χ1) is 7.52. The average molecular weight is 225 g/mol. The van der Waals surface area contributed by atoms with E-state index in [1.807, 2.05) is 0 Å².